The number of halogens is 1. The molecule has 0 amide bonds. The Morgan fingerprint density at radius 1 is 1.25 bits per heavy atom. The van der Waals surface area contributed by atoms with Gasteiger partial charge in [-0.25, -0.2) is 4.39 Å². The van der Waals surface area contributed by atoms with Crippen molar-refractivity contribution in [2.24, 2.45) is 0 Å². The first-order valence-corrected chi connectivity index (χ1v) is 8.55. The number of fused-ring (bicyclic) bond motifs is 1. The van der Waals surface area contributed by atoms with Crippen LogP contribution in [0.15, 0.2) is 47.4 Å². The van der Waals surface area contributed by atoms with Gasteiger partial charge >= 0.3 is 0 Å². The molecule has 1 N–H and O–H groups in total. The van der Waals surface area contributed by atoms with E-state index in [-0.39, 0.29) is 17.4 Å². The largest absolute Gasteiger partial charge is 0.493 e. The molecule has 0 aliphatic carbocycles. The highest BCUT2D eigenvalue weighted by molar-refractivity contribution is 5.37. The number of nitrogens with zero attached hydrogens (tertiary/aromatic N) is 1. The summed E-state index contributed by atoms with van der Waals surface area (Å²) in [6.07, 6.45) is 5.68. The van der Waals surface area contributed by atoms with Crippen LogP contribution in [-0.2, 0) is 6.54 Å². The van der Waals surface area contributed by atoms with E-state index in [2.05, 4.69) is 5.32 Å². The van der Waals surface area contributed by atoms with Gasteiger partial charge in [-0.05, 0) is 44.4 Å². The molecule has 0 saturated carbocycles. The summed E-state index contributed by atoms with van der Waals surface area (Å²) in [6.45, 7) is 2.23. The van der Waals surface area contributed by atoms with Gasteiger partial charge < -0.3 is 14.6 Å². The monoisotopic (exact) mass is 330 g/mol. The Hall–Kier alpha value is -2.14. The lowest BCUT2D eigenvalue weighted by Crippen LogP contribution is -2.23. The highest BCUT2D eigenvalue weighted by Gasteiger charge is 2.19. The molecule has 0 unspecified atom stereocenters. The summed E-state index contributed by atoms with van der Waals surface area (Å²) in [4.78, 5) is 11.6. The van der Waals surface area contributed by atoms with Crippen molar-refractivity contribution in [3.8, 4) is 5.75 Å². The fourth-order valence-corrected chi connectivity index (χ4v) is 3.09. The van der Waals surface area contributed by atoms with Crippen LogP contribution in [0.4, 0.5) is 4.39 Å². The number of ether oxygens (including phenoxy) is 1. The molecule has 2 heterocycles. The van der Waals surface area contributed by atoms with Gasteiger partial charge in [0.05, 0.1) is 6.61 Å². The number of pyridine rings is 1. The summed E-state index contributed by atoms with van der Waals surface area (Å²) in [5, 5.41) is 3.55. The minimum absolute atomic E-state index is 0.0438. The predicted octanol–water partition coefficient (Wildman–Crippen LogP) is 3.27. The molecular weight excluding hydrogens is 307 g/mol. The van der Waals surface area contributed by atoms with Gasteiger partial charge in [0.1, 0.15) is 11.6 Å². The molecule has 1 aromatic heterocycles. The Morgan fingerprint density at radius 3 is 3.04 bits per heavy atom. The quantitative estimate of drug-likeness (QED) is 0.827. The van der Waals surface area contributed by atoms with Crippen molar-refractivity contribution in [3.63, 3.8) is 0 Å². The number of unbranched alkanes of at least 4 members (excludes halogenated alkanes) is 1. The fourth-order valence-electron chi connectivity index (χ4n) is 3.09. The van der Waals surface area contributed by atoms with Gasteiger partial charge in [-0.3, -0.25) is 4.79 Å². The zero-order chi connectivity index (χ0) is 16.8. The Kier molecular flexibility index (Phi) is 5.64. The second kappa shape index (κ2) is 8.11. The molecule has 0 radical (unpaired) electrons. The molecule has 0 saturated heterocycles. The van der Waals surface area contributed by atoms with Crippen LogP contribution in [0.25, 0.3) is 0 Å². The fraction of sp³-hybridized carbons (Fsp3) is 0.421. The molecule has 3 rings (SSSR count). The number of benzene rings is 1. The van der Waals surface area contributed by atoms with Crippen molar-refractivity contribution in [1.82, 2.24) is 9.88 Å². The van der Waals surface area contributed by atoms with E-state index in [1.165, 1.54) is 12.1 Å². The van der Waals surface area contributed by atoms with E-state index < -0.39 is 0 Å². The number of hydrogen-bond acceptors (Lipinski definition) is 3. The van der Waals surface area contributed by atoms with Crippen LogP contribution in [0, 0.1) is 5.82 Å². The van der Waals surface area contributed by atoms with E-state index in [1.807, 2.05) is 18.3 Å². The van der Waals surface area contributed by atoms with Crippen molar-refractivity contribution in [3.05, 3.63) is 64.3 Å². The van der Waals surface area contributed by atoms with Crippen molar-refractivity contribution < 1.29 is 9.13 Å². The molecule has 0 fully saturated rings. The molecule has 1 atom stereocenters. The lowest BCUT2D eigenvalue weighted by molar-refractivity contribution is 0.313. The molecule has 1 aromatic carbocycles. The maximum absolute atomic E-state index is 13.4. The summed E-state index contributed by atoms with van der Waals surface area (Å²) >= 11 is 0. The van der Waals surface area contributed by atoms with Gasteiger partial charge in [0, 0.05) is 36.5 Å². The van der Waals surface area contributed by atoms with E-state index in [4.69, 9.17) is 4.74 Å². The van der Waals surface area contributed by atoms with Crippen LogP contribution in [-0.4, -0.2) is 17.7 Å². The maximum Gasteiger partial charge on any atom is 0.250 e. The maximum atomic E-state index is 13.4. The Morgan fingerprint density at radius 2 is 2.17 bits per heavy atom. The van der Waals surface area contributed by atoms with Crippen molar-refractivity contribution in [2.75, 3.05) is 13.2 Å². The summed E-state index contributed by atoms with van der Waals surface area (Å²) in [5.41, 5.74) is 1.08. The second-order valence-electron chi connectivity index (χ2n) is 6.12. The summed E-state index contributed by atoms with van der Waals surface area (Å²) in [7, 11) is 0. The highest BCUT2D eigenvalue weighted by atomic mass is 19.1. The molecule has 0 spiro atoms. The first kappa shape index (κ1) is 16.7. The standard InChI is InChI=1S/C19H23FN2O2/c20-15-8-9-16-17(6-5-13-24-18(16)14-15)21-10-2-4-12-22-11-3-1-7-19(22)23/h1,3,7-9,11,14,17,21H,2,4-6,10,12-13H2/t17-/m0/s1. The van der Waals surface area contributed by atoms with E-state index in [0.717, 1.165) is 44.3 Å². The van der Waals surface area contributed by atoms with Crippen LogP contribution in [0.3, 0.4) is 0 Å². The van der Waals surface area contributed by atoms with Crippen molar-refractivity contribution in [1.29, 1.82) is 0 Å². The molecule has 0 bridgehead atoms. The van der Waals surface area contributed by atoms with E-state index in [1.54, 1.807) is 16.7 Å². The average molecular weight is 330 g/mol. The molecule has 2 aromatic rings. The number of aromatic nitrogens is 1. The molecule has 5 heteroatoms. The summed E-state index contributed by atoms with van der Waals surface area (Å²) < 4.78 is 20.7. The number of hydrogen-bond donors (Lipinski definition) is 1. The topological polar surface area (TPSA) is 43.3 Å². The van der Waals surface area contributed by atoms with Crippen LogP contribution in [0.5, 0.6) is 5.75 Å². The Balaban J connectivity index is 1.50. The van der Waals surface area contributed by atoms with E-state index in [9.17, 15) is 9.18 Å². The third-order valence-electron chi connectivity index (χ3n) is 4.36. The van der Waals surface area contributed by atoms with Gasteiger partial charge in [0.25, 0.3) is 0 Å². The van der Waals surface area contributed by atoms with Crippen molar-refractivity contribution >= 4 is 0 Å². The molecule has 4 nitrogen and oxygen atoms in total. The molecule has 24 heavy (non-hydrogen) atoms. The third-order valence-corrected chi connectivity index (χ3v) is 4.36. The predicted molar refractivity (Wildman–Crippen MR) is 91.8 cm³/mol. The normalized spacial score (nSPS) is 17.0. The molecule has 1 aliphatic heterocycles. The molecule has 1 aliphatic rings. The van der Waals surface area contributed by atoms with E-state index >= 15 is 0 Å². The lowest BCUT2D eigenvalue weighted by Gasteiger charge is -2.18. The van der Waals surface area contributed by atoms with Gasteiger partial charge in [-0.2, -0.15) is 0 Å². The SMILES string of the molecule is O=c1ccccn1CCCCN[C@H]1CCCOc2cc(F)ccc21. The zero-order valence-corrected chi connectivity index (χ0v) is 13.7. The van der Waals surface area contributed by atoms with Crippen LogP contribution >= 0.6 is 0 Å². The van der Waals surface area contributed by atoms with Gasteiger partial charge in [0.2, 0.25) is 5.56 Å². The van der Waals surface area contributed by atoms with Gasteiger partial charge in [-0.15, -0.1) is 0 Å². The summed E-state index contributed by atoms with van der Waals surface area (Å²) in [6, 6.07) is 10.2. The number of aryl methyl sites for hydroxylation is 1. The smallest absolute Gasteiger partial charge is 0.250 e. The minimum Gasteiger partial charge on any atom is -0.493 e. The molecule has 128 valence electrons. The zero-order valence-electron chi connectivity index (χ0n) is 13.7. The summed E-state index contributed by atoms with van der Waals surface area (Å²) in [5.74, 6) is 0.392. The first-order chi connectivity index (χ1) is 11.7. The van der Waals surface area contributed by atoms with E-state index in [0.29, 0.717) is 12.4 Å². The van der Waals surface area contributed by atoms with Crippen LogP contribution in [0.1, 0.15) is 37.3 Å². The lowest BCUT2D eigenvalue weighted by atomic mass is 10.0. The second-order valence-corrected chi connectivity index (χ2v) is 6.12. The minimum atomic E-state index is -0.261. The average Bonchev–Trinajstić information content (AvgIpc) is 2.78. The first-order valence-electron chi connectivity index (χ1n) is 8.55. The third kappa shape index (κ3) is 4.23. The Bertz CT molecular complexity index is 729. The van der Waals surface area contributed by atoms with Crippen molar-refractivity contribution in [2.45, 2.75) is 38.3 Å². The van der Waals surface area contributed by atoms with Gasteiger partial charge in [0.15, 0.2) is 0 Å². The molecular formula is C19H23FN2O2. The number of rotatable bonds is 6. The van der Waals surface area contributed by atoms with Crippen LogP contribution < -0.4 is 15.6 Å². The Labute approximate surface area is 141 Å². The highest BCUT2D eigenvalue weighted by Crippen LogP contribution is 2.31. The van der Waals surface area contributed by atoms with Gasteiger partial charge in [-0.1, -0.05) is 12.1 Å². The number of nitrogens with one attached hydrogen (secondary N) is 1. The van der Waals surface area contributed by atoms with Crippen LogP contribution in [0.2, 0.25) is 0 Å².